The van der Waals surface area contributed by atoms with Crippen LogP contribution in [0.25, 0.3) is 0 Å². The third kappa shape index (κ3) is 4.90. The maximum Gasteiger partial charge on any atom is 0.305 e. The van der Waals surface area contributed by atoms with E-state index in [9.17, 15) is 13.2 Å². The lowest BCUT2D eigenvalue weighted by molar-refractivity contribution is -0.137. The number of hydrogen-bond donors (Lipinski definition) is 2. The zero-order valence-corrected chi connectivity index (χ0v) is 13.5. The summed E-state index contributed by atoms with van der Waals surface area (Å²) in [5.41, 5.74) is 1.07. The van der Waals surface area contributed by atoms with Gasteiger partial charge in [0.1, 0.15) is 5.75 Å². The van der Waals surface area contributed by atoms with Crippen molar-refractivity contribution >= 4 is 27.3 Å². The first-order chi connectivity index (χ1) is 10.4. The highest BCUT2D eigenvalue weighted by molar-refractivity contribution is 7.88. The van der Waals surface area contributed by atoms with Crippen LogP contribution >= 0.6 is 11.3 Å². The van der Waals surface area contributed by atoms with Crippen LogP contribution in [0.2, 0.25) is 0 Å². The molecule has 0 saturated heterocycles. The van der Waals surface area contributed by atoms with Gasteiger partial charge in [-0.25, -0.2) is 18.1 Å². The van der Waals surface area contributed by atoms with E-state index in [1.54, 1.807) is 42.6 Å². The molecule has 2 rings (SSSR count). The van der Waals surface area contributed by atoms with Crippen molar-refractivity contribution in [3.8, 4) is 0 Å². The van der Waals surface area contributed by atoms with Crippen molar-refractivity contribution in [1.82, 2.24) is 9.71 Å². The van der Waals surface area contributed by atoms with Gasteiger partial charge < -0.3 is 5.11 Å². The standard InChI is InChI=1S/C14H16N2O4S2/c1-10-15-12(8-21-10)9-22(19,20)16-13(7-14(17)18)11-5-3-2-4-6-11/h2-6,8,13,16H,7,9H2,1H3,(H,17,18)/t13-/m0/s1. The Bertz CT molecular complexity index is 741. The highest BCUT2D eigenvalue weighted by Gasteiger charge is 2.23. The molecule has 0 aliphatic rings. The van der Waals surface area contributed by atoms with Crippen molar-refractivity contribution < 1.29 is 18.3 Å². The molecule has 0 spiro atoms. The second kappa shape index (κ2) is 6.99. The topological polar surface area (TPSA) is 96.4 Å². The number of benzene rings is 1. The van der Waals surface area contributed by atoms with Crippen molar-refractivity contribution in [2.24, 2.45) is 0 Å². The van der Waals surface area contributed by atoms with Crippen LogP contribution in [0.15, 0.2) is 35.7 Å². The molecule has 0 radical (unpaired) electrons. The fourth-order valence-electron chi connectivity index (χ4n) is 2.02. The number of carboxylic acids is 1. The van der Waals surface area contributed by atoms with E-state index in [4.69, 9.17) is 5.11 Å². The van der Waals surface area contributed by atoms with Crippen LogP contribution in [0.5, 0.6) is 0 Å². The summed E-state index contributed by atoms with van der Waals surface area (Å²) in [6.45, 7) is 1.80. The Hall–Kier alpha value is -1.77. The summed E-state index contributed by atoms with van der Waals surface area (Å²) in [6, 6.07) is 7.86. The van der Waals surface area contributed by atoms with Crippen LogP contribution in [-0.2, 0) is 20.6 Å². The van der Waals surface area contributed by atoms with Gasteiger partial charge in [-0.2, -0.15) is 0 Å². The van der Waals surface area contributed by atoms with E-state index >= 15 is 0 Å². The largest absolute Gasteiger partial charge is 0.481 e. The minimum atomic E-state index is -3.68. The van der Waals surface area contributed by atoms with Gasteiger partial charge in [0, 0.05) is 5.38 Å². The van der Waals surface area contributed by atoms with Gasteiger partial charge in [0.2, 0.25) is 10.0 Å². The zero-order valence-electron chi connectivity index (χ0n) is 11.9. The Kier molecular flexibility index (Phi) is 5.28. The lowest BCUT2D eigenvalue weighted by atomic mass is 10.1. The number of aryl methyl sites for hydroxylation is 1. The number of thiazole rings is 1. The number of rotatable bonds is 7. The maximum absolute atomic E-state index is 12.2. The minimum absolute atomic E-state index is 0.264. The molecule has 1 aromatic heterocycles. The van der Waals surface area contributed by atoms with Crippen LogP contribution in [-0.4, -0.2) is 24.5 Å². The smallest absolute Gasteiger partial charge is 0.305 e. The maximum atomic E-state index is 12.2. The molecule has 22 heavy (non-hydrogen) atoms. The molecule has 8 heteroatoms. The average Bonchev–Trinajstić information content (AvgIpc) is 2.82. The van der Waals surface area contributed by atoms with Gasteiger partial charge in [0.05, 0.1) is 23.2 Å². The van der Waals surface area contributed by atoms with Crippen molar-refractivity contribution in [2.45, 2.75) is 25.1 Å². The van der Waals surface area contributed by atoms with Gasteiger partial charge in [0.15, 0.2) is 0 Å². The molecule has 0 aliphatic carbocycles. The highest BCUT2D eigenvalue weighted by Crippen LogP contribution is 2.19. The third-order valence-corrected chi connectivity index (χ3v) is 5.05. The van der Waals surface area contributed by atoms with Gasteiger partial charge in [0.25, 0.3) is 0 Å². The van der Waals surface area contributed by atoms with E-state index < -0.39 is 22.0 Å². The monoisotopic (exact) mass is 340 g/mol. The molecule has 6 nitrogen and oxygen atoms in total. The molecule has 1 heterocycles. The first-order valence-electron chi connectivity index (χ1n) is 6.53. The Balaban J connectivity index is 2.16. The average molecular weight is 340 g/mol. The molecule has 0 amide bonds. The van der Waals surface area contributed by atoms with Crippen LogP contribution in [0, 0.1) is 6.92 Å². The van der Waals surface area contributed by atoms with Gasteiger partial charge in [-0.3, -0.25) is 4.79 Å². The summed E-state index contributed by atoms with van der Waals surface area (Å²) in [5, 5.41) is 11.5. The molecule has 0 aliphatic heterocycles. The Morgan fingerprint density at radius 1 is 1.36 bits per heavy atom. The van der Waals surface area contributed by atoms with E-state index in [1.807, 2.05) is 0 Å². The van der Waals surface area contributed by atoms with Crippen molar-refractivity contribution in [3.63, 3.8) is 0 Å². The van der Waals surface area contributed by atoms with Crippen LogP contribution in [0.3, 0.4) is 0 Å². The van der Waals surface area contributed by atoms with Crippen molar-refractivity contribution in [3.05, 3.63) is 52.0 Å². The molecule has 2 aromatic rings. The van der Waals surface area contributed by atoms with Gasteiger partial charge >= 0.3 is 5.97 Å². The minimum Gasteiger partial charge on any atom is -0.481 e. The lowest BCUT2D eigenvalue weighted by Gasteiger charge is -2.17. The Morgan fingerprint density at radius 2 is 2.05 bits per heavy atom. The third-order valence-electron chi connectivity index (χ3n) is 2.91. The van der Waals surface area contributed by atoms with Gasteiger partial charge in [-0.1, -0.05) is 30.3 Å². The number of sulfonamides is 1. The van der Waals surface area contributed by atoms with Gasteiger partial charge in [-0.05, 0) is 12.5 Å². The van der Waals surface area contributed by atoms with Crippen molar-refractivity contribution in [1.29, 1.82) is 0 Å². The molecule has 0 fully saturated rings. The summed E-state index contributed by atoms with van der Waals surface area (Å²) < 4.78 is 26.9. The molecule has 0 unspecified atom stereocenters. The van der Waals surface area contributed by atoms with E-state index in [-0.39, 0.29) is 12.2 Å². The molecule has 2 N–H and O–H groups in total. The van der Waals surface area contributed by atoms with Gasteiger partial charge in [-0.15, -0.1) is 11.3 Å². The second-order valence-electron chi connectivity index (χ2n) is 4.80. The molecule has 1 atom stereocenters. The van der Waals surface area contributed by atoms with E-state index in [2.05, 4.69) is 9.71 Å². The normalized spacial score (nSPS) is 13.0. The number of nitrogens with zero attached hydrogens (tertiary/aromatic N) is 1. The summed E-state index contributed by atoms with van der Waals surface area (Å²) >= 11 is 1.37. The highest BCUT2D eigenvalue weighted by atomic mass is 32.2. The van der Waals surface area contributed by atoms with E-state index in [1.165, 1.54) is 11.3 Å². The quantitative estimate of drug-likeness (QED) is 0.804. The summed E-state index contributed by atoms with van der Waals surface area (Å²) in [7, 11) is -3.68. The molecule has 0 saturated carbocycles. The Labute approximate surface area is 132 Å². The second-order valence-corrected chi connectivity index (χ2v) is 7.61. The zero-order chi connectivity index (χ0) is 16.2. The number of nitrogens with one attached hydrogen (secondary N) is 1. The summed E-state index contributed by atoms with van der Waals surface area (Å²) in [5.74, 6) is -1.33. The Morgan fingerprint density at radius 3 is 2.59 bits per heavy atom. The fourth-order valence-corrected chi connectivity index (χ4v) is 4.01. The van der Waals surface area contributed by atoms with E-state index in [0.717, 1.165) is 5.01 Å². The predicted octanol–water partition coefficient (Wildman–Crippen LogP) is 2.09. The molecular formula is C14H16N2O4S2. The first-order valence-corrected chi connectivity index (χ1v) is 9.06. The molecule has 0 bridgehead atoms. The fraction of sp³-hybridized carbons (Fsp3) is 0.286. The van der Waals surface area contributed by atoms with E-state index in [0.29, 0.717) is 11.3 Å². The molecular weight excluding hydrogens is 324 g/mol. The summed E-state index contributed by atoms with van der Waals surface area (Å²) in [4.78, 5) is 15.1. The lowest BCUT2D eigenvalue weighted by Crippen LogP contribution is -2.31. The summed E-state index contributed by atoms with van der Waals surface area (Å²) in [6.07, 6.45) is -0.320. The molecule has 118 valence electrons. The predicted molar refractivity (Wildman–Crippen MR) is 84.0 cm³/mol. The molecule has 1 aromatic carbocycles. The number of aromatic nitrogens is 1. The number of aliphatic carboxylic acids is 1. The first kappa shape index (κ1) is 16.6. The van der Waals surface area contributed by atoms with Crippen molar-refractivity contribution in [2.75, 3.05) is 0 Å². The number of hydrogen-bond acceptors (Lipinski definition) is 5. The van der Waals surface area contributed by atoms with Crippen LogP contribution in [0.4, 0.5) is 0 Å². The van der Waals surface area contributed by atoms with Crippen LogP contribution < -0.4 is 4.72 Å². The number of carboxylic acid groups (broad SMARTS) is 1. The van der Waals surface area contributed by atoms with Crippen LogP contribution in [0.1, 0.15) is 28.7 Å². The number of carbonyl (C=O) groups is 1. The SMILES string of the molecule is Cc1nc(CS(=O)(=O)N[C@@H](CC(=O)O)c2ccccc2)cs1.